The second-order valence-electron chi connectivity index (χ2n) is 6.31. The molecule has 0 spiro atoms. The van der Waals surface area contributed by atoms with Crippen molar-refractivity contribution in [3.8, 4) is 0 Å². The first-order valence-corrected chi connectivity index (χ1v) is 8.67. The number of hydrogen-bond donors (Lipinski definition) is 2. The van der Waals surface area contributed by atoms with E-state index in [4.69, 9.17) is 4.74 Å². The number of ether oxygens (including phenoxy) is 1. The fourth-order valence-corrected chi connectivity index (χ4v) is 2.42. The van der Waals surface area contributed by atoms with Crippen LogP contribution in [0.25, 0.3) is 0 Å². The summed E-state index contributed by atoms with van der Waals surface area (Å²) in [6.07, 6.45) is 1.37. The summed E-state index contributed by atoms with van der Waals surface area (Å²) in [5.74, 6) is -0.0355. The van der Waals surface area contributed by atoms with Gasteiger partial charge in [-0.25, -0.2) is 0 Å². The van der Waals surface area contributed by atoms with Gasteiger partial charge in [-0.15, -0.1) is 0 Å². The molecule has 1 atom stereocenters. The summed E-state index contributed by atoms with van der Waals surface area (Å²) in [5.41, 5.74) is 1.51. The highest BCUT2D eigenvalue weighted by atomic mass is 16.5. The van der Waals surface area contributed by atoms with Crippen molar-refractivity contribution in [2.75, 3.05) is 19.8 Å². The molecule has 0 aliphatic rings. The average molecular weight is 334 g/mol. The Morgan fingerprint density at radius 3 is 2.54 bits per heavy atom. The Kier molecular flexibility index (Phi) is 9.08. The third kappa shape index (κ3) is 7.13. The summed E-state index contributed by atoms with van der Waals surface area (Å²) < 4.78 is 5.25. The minimum atomic E-state index is -0.524. The molecular formula is C19H30N2O3. The molecule has 5 heteroatoms. The van der Waals surface area contributed by atoms with Gasteiger partial charge < -0.3 is 15.4 Å². The van der Waals surface area contributed by atoms with Crippen molar-refractivity contribution in [2.45, 2.75) is 46.6 Å². The molecule has 1 aromatic rings. The maximum Gasteiger partial charge on any atom is 0.252 e. The number of carbonyl (C=O) groups is 2. The zero-order chi connectivity index (χ0) is 17.9. The predicted octanol–water partition coefficient (Wildman–Crippen LogP) is 2.68. The quantitative estimate of drug-likeness (QED) is 0.647. The van der Waals surface area contributed by atoms with E-state index in [2.05, 4.69) is 10.6 Å². The van der Waals surface area contributed by atoms with E-state index in [0.29, 0.717) is 37.7 Å². The smallest absolute Gasteiger partial charge is 0.252 e. The molecule has 0 bridgehead atoms. The second kappa shape index (κ2) is 10.8. The van der Waals surface area contributed by atoms with E-state index in [1.807, 2.05) is 45.9 Å². The summed E-state index contributed by atoms with van der Waals surface area (Å²) in [4.78, 5) is 24.9. The van der Waals surface area contributed by atoms with Crippen molar-refractivity contribution >= 4 is 11.8 Å². The minimum Gasteiger partial charge on any atom is -0.382 e. The molecule has 2 N–H and O–H groups in total. The van der Waals surface area contributed by atoms with Crippen LogP contribution in [0.15, 0.2) is 24.3 Å². The van der Waals surface area contributed by atoms with Gasteiger partial charge in [0.2, 0.25) is 5.91 Å². The average Bonchev–Trinajstić information content (AvgIpc) is 2.53. The predicted molar refractivity (Wildman–Crippen MR) is 96.0 cm³/mol. The van der Waals surface area contributed by atoms with Gasteiger partial charge in [0, 0.05) is 25.3 Å². The fraction of sp³-hybridized carbons (Fsp3) is 0.579. The zero-order valence-electron chi connectivity index (χ0n) is 15.2. The van der Waals surface area contributed by atoms with Crippen LogP contribution in [-0.4, -0.2) is 37.6 Å². The Hall–Kier alpha value is -1.88. The second-order valence-corrected chi connectivity index (χ2v) is 6.31. The maximum atomic E-state index is 12.5. The molecule has 0 fully saturated rings. The van der Waals surface area contributed by atoms with Gasteiger partial charge in [-0.3, -0.25) is 9.59 Å². The van der Waals surface area contributed by atoms with E-state index in [9.17, 15) is 9.59 Å². The molecule has 0 saturated heterocycles. The Morgan fingerprint density at radius 1 is 1.21 bits per heavy atom. The molecule has 0 aromatic heterocycles. The van der Waals surface area contributed by atoms with E-state index >= 15 is 0 Å². The third-order valence-electron chi connectivity index (χ3n) is 3.69. The first-order chi connectivity index (χ1) is 11.5. The van der Waals surface area contributed by atoms with Gasteiger partial charge in [-0.2, -0.15) is 0 Å². The molecule has 134 valence electrons. The lowest BCUT2D eigenvalue weighted by Crippen LogP contribution is -2.47. The van der Waals surface area contributed by atoms with Gasteiger partial charge in [-0.05, 0) is 44.2 Å². The zero-order valence-corrected chi connectivity index (χ0v) is 15.2. The van der Waals surface area contributed by atoms with Crippen LogP contribution in [0.2, 0.25) is 0 Å². The van der Waals surface area contributed by atoms with Crippen molar-refractivity contribution in [1.29, 1.82) is 0 Å². The van der Waals surface area contributed by atoms with Crippen molar-refractivity contribution < 1.29 is 14.3 Å². The Bertz CT molecular complexity index is 529. The first kappa shape index (κ1) is 20.2. The highest BCUT2D eigenvalue weighted by Crippen LogP contribution is 2.10. The van der Waals surface area contributed by atoms with E-state index in [1.165, 1.54) is 0 Å². The highest BCUT2D eigenvalue weighted by Gasteiger charge is 2.22. The summed E-state index contributed by atoms with van der Waals surface area (Å²) >= 11 is 0. The highest BCUT2D eigenvalue weighted by molar-refractivity contribution is 5.98. The molecule has 24 heavy (non-hydrogen) atoms. The van der Waals surface area contributed by atoms with Crippen LogP contribution in [-0.2, 0) is 9.53 Å². The molecule has 1 rings (SSSR count). The van der Waals surface area contributed by atoms with Crippen molar-refractivity contribution in [3.05, 3.63) is 35.4 Å². The van der Waals surface area contributed by atoms with Gasteiger partial charge in [0.25, 0.3) is 5.91 Å². The molecule has 0 heterocycles. The van der Waals surface area contributed by atoms with E-state index in [1.54, 1.807) is 6.07 Å². The van der Waals surface area contributed by atoms with Gasteiger partial charge in [0.1, 0.15) is 6.04 Å². The largest absolute Gasteiger partial charge is 0.382 e. The lowest BCUT2D eigenvalue weighted by Gasteiger charge is -2.20. The molecule has 1 unspecified atom stereocenters. The Labute approximate surface area is 145 Å². The number of aryl methyl sites for hydroxylation is 1. The normalized spacial score (nSPS) is 12.0. The SMILES string of the molecule is CCOCCCNC(=O)C(CC(C)C)NC(=O)c1ccccc1C. The van der Waals surface area contributed by atoms with Crippen LogP contribution in [0, 0.1) is 12.8 Å². The van der Waals surface area contributed by atoms with Gasteiger partial charge in [0.15, 0.2) is 0 Å². The number of carbonyl (C=O) groups excluding carboxylic acids is 2. The molecular weight excluding hydrogens is 304 g/mol. The first-order valence-electron chi connectivity index (χ1n) is 8.67. The van der Waals surface area contributed by atoms with Crippen LogP contribution in [0.5, 0.6) is 0 Å². The van der Waals surface area contributed by atoms with E-state index < -0.39 is 6.04 Å². The van der Waals surface area contributed by atoms with Gasteiger partial charge in [-0.1, -0.05) is 32.0 Å². The number of benzene rings is 1. The van der Waals surface area contributed by atoms with Crippen molar-refractivity contribution in [1.82, 2.24) is 10.6 Å². The van der Waals surface area contributed by atoms with E-state index in [0.717, 1.165) is 12.0 Å². The van der Waals surface area contributed by atoms with Crippen molar-refractivity contribution in [3.63, 3.8) is 0 Å². The summed E-state index contributed by atoms with van der Waals surface area (Å²) in [6, 6.07) is 6.86. The summed E-state index contributed by atoms with van der Waals surface area (Å²) in [5, 5.41) is 5.76. The van der Waals surface area contributed by atoms with Crippen LogP contribution in [0.3, 0.4) is 0 Å². The number of amides is 2. The van der Waals surface area contributed by atoms with Crippen LogP contribution in [0.1, 0.15) is 49.5 Å². The summed E-state index contributed by atoms with van der Waals surface area (Å²) in [7, 11) is 0. The van der Waals surface area contributed by atoms with Crippen LogP contribution in [0.4, 0.5) is 0 Å². The monoisotopic (exact) mass is 334 g/mol. The number of nitrogens with one attached hydrogen (secondary N) is 2. The molecule has 0 saturated carbocycles. The van der Waals surface area contributed by atoms with Gasteiger partial charge >= 0.3 is 0 Å². The number of hydrogen-bond acceptors (Lipinski definition) is 3. The molecule has 0 aliphatic heterocycles. The third-order valence-corrected chi connectivity index (χ3v) is 3.69. The Balaban J connectivity index is 2.62. The van der Waals surface area contributed by atoms with Crippen LogP contribution >= 0.6 is 0 Å². The van der Waals surface area contributed by atoms with Crippen LogP contribution < -0.4 is 10.6 Å². The standard InChI is InChI=1S/C19H30N2O3/c1-5-24-12-8-11-20-19(23)17(13-14(2)3)21-18(22)16-10-7-6-9-15(16)4/h6-7,9-10,14,17H,5,8,11-13H2,1-4H3,(H,20,23)(H,21,22). The molecule has 5 nitrogen and oxygen atoms in total. The molecule has 0 radical (unpaired) electrons. The minimum absolute atomic E-state index is 0.137. The fourth-order valence-electron chi connectivity index (χ4n) is 2.42. The van der Waals surface area contributed by atoms with Crippen molar-refractivity contribution in [2.24, 2.45) is 5.92 Å². The molecule has 0 aliphatic carbocycles. The topological polar surface area (TPSA) is 67.4 Å². The lowest BCUT2D eigenvalue weighted by atomic mass is 10.0. The van der Waals surface area contributed by atoms with E-state index in [-0.39, 0.29) is 11.8 Å². The Morgan fingerprint density at radius 2 is 1.92 bits per heavy atom. The molecule has 1 aromatic carbocycles. The van der Waals surface area contributed by atoms with Gasteiger partial charge in [0.05, 0.1) is 0 Å². The molecule has 2 amide bonds. The maximum absolute atomic E-state index is 12.5. The number of rotatable bonds is 10. The summed E-state index contributed by atoms with van der Waals surface area (Å²) in [6.45, 7) is 9.76. The lowest BCUT2D eigenvalue weighted by molar-refractivity contribution is -0.123.